The van der Waals surface area contributed by atoms with Crippen LogP contribution in [-0.2, 0) is 25.8 Å². The molecule has 192 valence electrons. The Balaban J connectivity index is 1.50. The van der Waals surface area contributed by atoms with Crippen LogP contribution in [0.5, 0.6) is 5.75 Å². The molecule has 9 heteroatoms. The molecule has 0 heterocycles. The molecular formula is C27H30ClNO6S. The van der Waals surface area contributed by atoms with E-state index in [1.807, 2.05) is 6.07 Å². The number of hydrogen-bond acceptors (Lipinski definition) is 7. The molecule has 3 aromatic rings. The molecule has 0 fully saturated rings. The molecule has 1 atom stereocenters. The number of ether oxygens (including phenoxy) is 2. The van der Waals surface area contributed by atoms with Crippen molar-refractivity contribution < 1.29 is 27.8 Å². The smallest absolute Gasteiger partial charge is 0.344 e. The summed E-state index contributed by atoms with van der Waals surface area (Å²) >= 11 is 5.96. The third-order valence-corrected chi connectivity index (χ3v) is 7.27. The lowest BCUT2D eigenvalue weighted by atomic mass is 10.1. The van der Waals surface area contributed by atoms with E-state index in [4.69, 9.17) is 21.1 Å². The molecule has 0 saturated carbocycles. The van der Waals surface area contributed by atoms with E-state index >= 15 is 0 Å². The Hall–Kier alpha value is -2.91. The molecule has 0 spiro atoms. The molecule has 2 N–H and O–H groups in total. The van der Waals surface area contributed by atoms with E-state index < -0.39 is 21.9 Å². The van der Waals surface area contributed by atoms with Gasteiger partial charge in [-0.1, -0.05) is 35.9 Å². The number of aliphatic hydroxyl groups excluding tert-OH is 1. The van der Waals surface area contributed by atoms with E-state index in [1.165, 1.54) is 24.3 Å². The summed E-state index contributed by atoms with van der Waals surface area (Å²) in [5.74, 6) is -0.118. The van der Waals surface area contributed by atoms with E-state index in [2.05, 4.69) is 5.32 Å². The summed E-state index contributed by atoms with van der Waals surface area (Å²) in [4.78, 5) is 11.9. The number of sulfone groups is 1. The summed E-state index contributed by atoms with van der Waals surface area (Å²) in [5, 5.41) is 14.0. The lowest BCUT2D eigenvalue weighted by Gasteiger charge is -2.13. The molecule has 0 aliphatic heterocycles. The summed E-state index contributed by atoms with van der Waals surface area (Å²) in [6, 6.07) is 19.7. The van der Waals surface area contributed by atoms with Gasteiger partial charge in [-0.15, -0.1) is 0 Å². The van der Waals surface area contributed by atoms with Gasteiger partial charge in [-0.2, -0.15) is 0 Å². The van der Waals surface area contributed by atoms with Gasteiger partial charge in [0, 0.05) is 11.6 Å². The van der Waals surface area contributed by atoms with Crippen LogP contribution in [-0.4, -0.2) is 45.3 Å². The van der Waals surface area contributed by atoms with Crippen LogP contribution in [0.3, 0.4) is 0 Å². The number of hydrogen-bond donors (Lipinski definition) is 2. The zero-order valence-electron chi connectivity index (χ0n) is 20.2. The Morgan fingerprint density at radius 3 is 2.25 bits per heavy atom. The van der Waals surface area contributed by atoms with Crippen molar-refractivity contribution in [2.45, 2.75) is 42.3 Å². The van der Waals surface area contributed by atoms with Crippen LogP contribution in [0.25, 0.3) is 0 Å². The maximum Gasteiger partial charge on any atom is 0.344 e. The van der Waals surface area contributed by atoms with Crippen molar-refractivity contribution in [1.29, 1.82) is 0 Å². The summed E-state index contributed by atoms with van der Waals surface area (Å²) in [6.07, 6.45) is -0.223. The van der Waals surface area contributed by atoms with Crippen molar-refractivity contribution in [3.8, 4) is 5.75 Å². The predicted octanol–water partition coefficient (Wildman–Crippen LogP) is 4.37. The van der Waals surface area contributed by atoms with Gasteiger partial charge in [-0.3, -0.25) is 0 Å². The first-order valence-corrected chi connectivity index (χ1v) is 13.4. The normalized spacial score (nSPS) is 12.4. The molecule has 0 bridgehead atoms. The number of benzene rings is 3. The van der Waals surface area contributed by atoms with Crippen LogP contribution in [0.15, 0.2) is 82.6 Å². The quantitative estimate of drug-likeness (QED) is 0.264. The Kier molecular flexibility index (Phi) is 9.89. The topological polar surface area (TPSA) is 102 Å². The monoisotopic (exact) mass is 531 g/mol. The highest BCUT2D eigenvalue weighted by Crippen LogP contribution is 2.24. The van der Waals surface area contributed by atoms with Crippen molar-refractivity contribution in [2.75, 3.05) is 19.7 Å². The number of esters is 1. The minimum Gasteiger partial charge on any atom is -0.482 e. The number of carbonyl (C=O) groups excluding carboxylic acids is 1. The third-order valence-electron chi connectivity index (χ3n) is 5.25. The van der Waals surface area contributed by atoms with Gasteiger partial charge < -0.3 is 19.9 Å². The number of halogens is 1. The highest BCUT2D eigenvalue weighted by molar-refractivity contribution is 7.91. The SMILES string of the molecule is CC(C)OC(=O)COc1ccc(S(=O)(=O)c2ccc(CCNCC(O)c3cccc(Cl)c3)cc2)cc1. The van der Waals surface area contributed by atoms with E-state index in [-0.39, 0.29) is 22.5 Å². The van der Waals surface area contributed by atoms with Crippen molar-refractivity contribution in [3.05, 3.63) is 88.9 Å². The zero-order chi connectivity index (χ0) is 26.1. The van der Waals surface area contributed by atoms with Crippen LogP contribution in [0.1, 0.15) is 31.1 Å². The standard InChI is InChI=1S/C27H30ClNO6S/c1-19(2)35-27(31)18-34-23-8-12-25(13-9-23)36(32,33)24-10-6-20(7-11-24)14-15-29-17-26(30)21-4-3-5-22(28)16-21/h3-13,16,19,26,29-30H,14-15,17-18H2,1-2H3. The molecule has 0 saturated heterocycles. The molecule has 0 aliphatic carbocycles. The number of nitrogens with one attached hydrogen (secondary N) is 1. The van der Waals surface area contributed by atoms with E-state index in [0.717, 1.165) is 11.1 Å². The van der Waals surface area contributed by atoms with Gasteiger partial charge in [0.05, 0.1) is 22.0 Å². The largest absolute Gasteiger partial charge is 0.482 e. The summed E-state index contributed by atoms with van der Waals surface area (Å²) in [7, 11) is -3.70. The second kappa shape index (κ2) is 12.9. The maximum absolute atomic E-state index is 13.0. The number of rotatable bonds is 12. The van der Waals surface area contributed by atoms with Crippen LogP contribution >= 0.6 is 11.6 Å². The summed E-state index contributed by atoms with van der Waals surface area (Å²) in [6.45, 7) is 4.24. The Morgan fingerprint density at radius 1 is 1.00 bits per heavy atom. The molecule has 36 heavy (non-hydrogen) atoms. The zero-order valence-corrected chi connectivity index (χ0v) is 21.8. The second-order valence-corrected chi connectivity index (χ2v) is 10.9. The van der Waals surface area contributed by atoms with Gasteiger partial charge in [0.2, 0.25) is 9.84 Å². The average molecular weight is 532 g/mol. The Labute approximate surface area is 216 Å². The van der Waals surface area contributed by atoms with E-state index in [0.29, 0.717) is 30.3 Å². The van der Waals surface area contributed by atoms with Crippen molar-refractivity contribution >= 4 is 27.4 Å². The molecule has 0 radical (unpaired) electrons. The number of aliphatic hydroxyl groups is 1. The Bertz CT molecular complexity index is 1240. The van der Waals surface area contributed by atoms with Crippen molar-refractivity contribution in [3.63, 3.8) is 0 Å². The van der Waals surface area contributed by atoms with Gasteiger partial charge in [-0.25, -0.2) is 13.2 Å². The molecule has 0 amide bonds. The van der Waals surface area contributed by atoms with Gasteiger partial charge in [0.25, 0.3) is 0 Å². The highest BCUT2D eigenvalue weighted by Gasteiger charge is 2.18. The minimum atomic E-state index is -3.70. The van der Waals surface area contributed by atoms with Crippen molar-refractivity contribution in [2.24, 2.45) is 0 Å². The summed E-state index contributed by atoms with van der Waals surface area (Å²) < 4.78 is 36.3. The van der Waals surface area contributed by atoms with Crippen LogP contribution in [0.4, 0.5) is 0 Å². The first kappa shape index (κ1) is 27.7. The van der Waals surface area contributed by atoms with Crippen LogP contribution in [0.2, 0.25) is 5.02 Å². The molecular weight excluding hydrogens is 502 g/mol. The summed E-state index contributed by atoms with van der Waals surface area (Å²) in [5.41, 5.74) is 1.72. The molecule has 3 rings (SSSR count). The molecule has 1 unspecified atom stereocenters. The third kappa shape index (κ3) is 8.06. The first-order valence-electron chi connectivity index (χ1n) is 11.6. The van der Waals surface area contributed by atoms with Crippen LogP contribution < -0.4 is 10.1 Å². The molecule has 0 aromatic heterocycles. The minimum absolute atomic E-state index is 0.129. The lowest BCUT2D eigenvalue weighted by Crippen LogP contribution is -2.23. The first-order chi connectivity index (χ1) is 17.1. The fourth-order valence-electron chi connectivity index (χ4n) is 3.43. The van der Waals surface area contributed by atoms with E-state index in [1.54, 1.807) is 56.3 Å². The number of carbonyl (C=O) groups is 1. The Morgan fingerprint density at radius 2 is 1.64 bits per heavy atom. The molecule has 0 aliphatic rings. The maximum atomic E-state index is 13.0. The van der Waals surface area contributed by atoms with E-state index in [9.17, 15) is 18.3 Å². The van der Waals surface area contributed by atoms with Gasteiger partial charge in [0.1, 0.15) is 5.75 Å². The fourth-order valence-corrected chi connectivity index (χ4v) is 4.89. The van der Waals surface area contributed by atoms with Gasteiger partial charge in [-0.05, 0) is 86.5 Å². The van der Waals surface area contributed by atoms with Gasteiger partial charge >= 0.3 is 5.97 Å². The lowest BCUT2D eigenvalue weighted by molar-refractivity contribution is -0.149. The average Bonchev–Trinajstić information content (AvgIpc) is 2.85. The predicted molar refractivity (Wildman–Crippen MR) is 138 cm³/mol. The molecule has 3 aromatic carbocycles. The van der Waals surface area contributed by atoms with Crippen LogP contribution in [0, 0.1) is 0 Å². The van der Waals surface area contributed by atoms with Crippen molar-refractivity contribution in [1.82, 2.24) is 5.32 Å². The molecule has 7 nitrogen and oxygen atoms in total. The van der Waals surface area contributed by atoms with Gasteiger partial charge in [0.15, 0.2) is 6.61 Å². The second-order valence-electron chi connectivity index (χ2n) is 8.47. The fraction of sp³-hybridized carbons (Fsp3) is 0.296. The highest BCUT2D eigenvalue weighted by atomic mass is 35.5.